The third-order valence-corrected chi connectivity index (χ3v) is 5.26. The molecule has 2 aromatic rings. The largest absolute Gasteiger partial charge is 0.466 e. The number of carbonyl (C=O) groups excluding carboxylic acids is 2. The number of anilines is 2. The molecule has 0 spiro atoms. The van der Waals surface area contributed by atoms with E-state index in [-0.39, 0.29) is 23.7 Å². The second-order valence-corrected chi connectivity index (χ2v) is 7.49. The van der Waals surface area contributed by atoms with Crippen LogP contribution in [0.25, 0.3) is 0 Å². The molecule has 30 heavy (non-hydrogen) atoms. The molecule has 1 fully saturated rings. The number of benzene rings is 2. The van der Waals surface area contributed by atoms with Gasteiger partial charge in [-0.1, -0.05) is 18.2 Å². The Bertz CT molecular complexity index is 955. The number of nitrogens with zero attached hydrogens (tertiary/aromatic N) is 1. The summed E-state index contributed by atoms with van der Waals surface area (Å²) in [4.78, 5) is 28.9. The van der Waals surface area contributed by atoms with Crippen LogP contribution in [0.15, 0.2) is 53.5 Å². The first-order valence-electron chi connectivity index (χ1n) is 10.4. The molecule has 2 aliphatic rings. The van der Waals surface area contributed by atoms with Crippen molar-refractivity contribution in [1.29, 1.82) is 0 Å². The highest BCUT2D eigenvalue weighted by molar-refractivity contribution is 6.05. The van der Waals surface area contributed by atoms with Crippen molar-refractivity contribution in [2.75, 3.05) is 30.3 Å². The average Bonchev–Trinajstić information content (AvgIpc) is 3.56. The summed E-state index contributed by atoms with van der Waals surface area (Å²) in [5, 5.41) is 9.34. The summed E-state index contributed by atoms with van der Waals surface area (Å²) in [5.74, 6) is 0.607. The van der Waals surface area contributed by atoms with Crippen molar-refractivity contribution in [3.8, 4) is 0 Å². The summed E-state index contributed by atoms with van der Waals surface area (Å²) >= 11 is 0. The molecular formula is C23H26N4O3. The van der Waals surface area contributed by atoms with Crippen LogP contribution in [0.3, 0.4) is 0 Å². The SMILES string of the molecule is CCOC(=O)[C@H]1CC1c1ccc(NC(=O)c2cccc(NC3=NCCCN3)c2)cc1. The number of rotatable bonds is 6. The molecule has 1 unspecified atom stereocenters. The smallest absolute Gasteiger partial charge is 0.309 e. The lowest BCUT2D eigenvalue weighted by molar-refractivity contribution is -0.144. The normalized spacial score (nSPS) is 19.8. The molecular weight excluding hydrogens is 380 g/mol. The van der Waals surface area contributed by atoms with Gasteiger partial charge in [-0.05, 0) is 61.6 Å². The Morgan fingerprint density at radius 2 is 2.00 bits per heavy atom. The Labute approximate surface area is 175 Å². The van der Waals surface area contributed by atoms with Crippen LogP contribution in [0.5, 0.6) is 0 Å². The minimum atomic E-state index is -0.180. The first kappa shape index (κ1) is 19.9. The van der Waals surface area contributed by atoms with Crippen LogP contribution in [-0.2, 0) is 9.53 Å². The molecule has 1 amide bonds. The van der Waals surface area contributed by atoms with E-state index in [0.717, 1.165) is 43.1 Å². The number of guanidine groups is 1. The summed E-state index contributed by atoms with van der Waals surface area (Å²) in [6.45, 7) is 3.92. The molecule has 1 saturated carbocycles. The Morgan fingerprint density at radius 1 is 1.17 bits per heavy atom. The van der Waals surface area contributed by atoms with E-state index in [1.54, 1.807) is 12.1 Å². The molecule has 2 aromatic carbocycles. The summed E-state index contributed by atoms with van der Waals surface area (Å²) < 4.78 is 5.09. The molecule has 2 atom stereocenters. The molecule has 0 aromatic heterocycles. The number of hydrogen-bond donors (Lipinski definition) is 3. The second-order valence-electron chi connectivity index (χ2n) is 7.49. The van der Waals surface area contributed by atoms with Crippen molar-refractivity contribution in [3.05, 3.63) is 59.7 Å². The molecule has 0 saturated heterocycles. The number of hydrogen-bond acceptors (Lipinski definition) is 6. The fraction of sp³-hybridized carbons (Fsp3) is 0.348. The topological polar surface area (TPSA) is 91.8 Å². The van der Waals surface area contributed by atoms with E-state index >= 15 is 0 Å². The Hall–Kier alpha value is -3.35. The van der Waals surface area contributed by atoms with E-state index < -0.39 is 0 Å². The molecule has 1 aliphatic heterocycles. The monoisotopic (exact) mass is 406 g/mol. The number of amides is 1. The highest BCUT2D eigenvalue weighted by atomic mass is 16.5. The summed E-state index contributed by atoms with van der Waals surface area (Å²) in [7, 11) is 0. The molecule has 0 bridgehead atoms. The predicted molar refractivity (Wildman–Crippen MR) is 117 cm³/mol. The zero-order valence-corrected chi connectivity index (χ0v) is 17.0. The number of esters is 1. The fourth-order valence-corrected chi connectivity index (χ4v) is 3.58. The third-order valence-electron chi connectivity index (χ3n) is 5.26. The van der Waals surface area contributed by atoms with Crippen LogP contribution in [0, 0.1) is 5.92 Å². The van der Waals surface area contributed by atoms with Gasteiger partial charge in [0.1, 0.15) is 0 Å². The number of ether oxygens (including phenoxy) is 1. The van der Waals surface area contributed by atoms with Crippen LogP contribution in [-0.4, -0.2) is 37.5 Å². The summed E-state index contributed by atoms with van der Waals surface area (Å²) in [5.41, 5.74) is 3.18. The van der Waals surface area contributed by atoms with Gasteiger partial charge in [-0.2, -0.15) is 0 Å². The minimum Gasteiger partial charge on any atom is -0.466 e. The molecule has 0 radical (unpaired) electrons. The first-order chi connectivity index (χ1) is 14.6. The second kappa shape index (κ2) is 8.98. The Kier molecular flexibility index (Phi) is 5.97. The highest BCUT2D eigenvalue weighted by Gasteiger charge is 2.45. The molecule has 1 aliphatic carbocycles. The van der Waals surface area contributed by atoms with Gasteiger partial charge in [-0.3, -0.25) is 14.6 Å². The lowest BCUT2D eigenvalue weighted by Crippen LogP contribution is -2.35. The average molecular weight is 406 g/mol. The first-order valence-corrected chi connectivity index (χ1v) is 10.4. The summed E-state index contributed by atoms with van der Waals surface area (Å²) in [6, 6.07) is 15.0. The summed E-state index contributed by atoms with van der Waals surface area (Å²) in [6.07, 6.45) is 1.85. The standard InChI is InChI=1S/C23H26N4O3/c1-2-30-22(29)20-14-19(20)15-7-9-17(10-8-15)26-21(28)16-5-3-6-18(13-16)27-23-24-11-4-12-25-23/h3,5-10,13,19-20H,2,4,11-12,14H2,1H3,(H,26,28)(H2,24,25,27)/t19?,20-/m0/s1. The van der Waals surface area contributed by atoms with Crippen molar-refractivity contribution >= 4 is 29.2 Å². The maximum atomic E-state index is 12.7. The lowest BCUT2D eigenvalue weighted by atomic mass is 10.1. The van der Waals surface area contributed by atoms with Gasteiger partial charge in [0.25, 0.3) is 5.91 Å². The Balaban J connectivity index is 1.35. The predicted octanol–water partition coefficient (Wildman–Crippen LogP) is 3.37. The van der Waals surface area contributed by atoms with Crippen LogP contribution in [0.1, 0.15) is 41.6 Å². The molecule has 7 nitrogen and oxygen atoms in total. The van der Waals surface area contributed by atoms with E-state index in [1.807, 2.05) is 43.3 Å². The van der Waals surface area contributed by atoms with E-state index in [9.17, 15) is 9.59 Å². The van der Waals surface area contributed by atoms with E-state index in [2.05, 4.69) is 20.9 Å². The van der Waals surface area contributed by atoms with Gasteiger partial charge in [-0.25, -0.2) is 0 Å². The molecule has 7 heteroatoms. The third kappa shape index (κ3) is 4.79. The maximum absolute atomic E-state index is 12.7. The lowest BCUT2D eigenvalue weighted by Gasteiger charge is -2.16. The highest BCUT2D eigenvalue weighted by Crippen LogP contribution is 2.48. The van der Waals surface area contributed by atoms with E-state index in [0.29, 0.717) is 17.9 Å². The van der Waals surface area contributed by atoms with Crippen molar-refractivity contribution in [1.82, 2.24) is 5.32 Å². The van der Waals surface area contributed by atoms with Crippen molar-refractivity contribution in [2.24, 2.45) is 10.9 Å². The van der Waals surface area contributed by atoms with Gasteiger partial charge in [0.15, 0.2) is 5.96 Å². The van der Waals surface area contributed by atoms with Crippen LogP contribution in [0.4, 0.5) is 11.4 Å². The number of carbonyl (C=O) groups is 2. The van der Waals surface area contributed by atoms with Gasteiger partial charge < -0.3 is 20.7 Å². The Morgan fingerprint density at radius 3 is 2.73 bits per heavy atom. The molecule has 1 heterocycles. The molecule has 4 rings (SSSR count). The van der Waals surface area contributed by atoms with Crippen LogP contribution < -0.4 is 16.0 Å². The van der Waals surface area contributed by atoms with Crippen molar-refractivity contribution in [3.63, 3.8) is 0 Å². The van der Waals surface area contributed by atoms with Gasteiger partial charge in [0, 0.05) is 30.0 Å². The van der Waals surface area contributed by atoms with Crippen LogP contribution >= 0.6 is 0 Å². The van der Waals surface area contributed by atoms with E-state index in [4.69, 9.17) is 4.74 Å². The van der Waals surface area contributed by atoms with Gasteiger partial charge in [0.05, 0.1) is 12.5 Å². The van der Waals surface area contributed by atoms with Gasteiger partial charge in [0.2, 0.25) is 0 Å². The zero-order chi connectivity index (χ0) is 20.9. The zero-order valence-electron chi connectivity index (χ0n) is 17.0. The number of nitrogens with one attached hydrogen (secondary N) is 3. The minimum absolute atomic E-state index is 0.0381. The van der Waals surface area contributed by atoms with Gasteiger partial charge in [-0.15, -0.1) is 0 Å². The fourth-order valence-electron chi connectivity index (χ4n) is 3.58. The van der Waals surface area contributed by atoms with E-state index in [1.165, 1.54) is 0 Å². The maximum Gasteiger partial charge on any atom is 0.309 e. The van der Waals surface area contributed by atoms with Crippen molar-refractivity contribution < 1.29 is 14.3 Å². The van der Waals surface area contributed by atoms with Crippen LogP contribution in [0.2, 0.25) is 0 Å². The molecule has 156 valence electrons. The quantitative estimate of drug-likeness (QED) is 0.640. The van der Waals surface area contributed by atoms with Gasteiger partial charge >= 0.3 is 5.97 Å². The molecule has 3 N–H and O–H groups in total. The number of aliphatic imine (C=N–C) groups is 1. The van der Waals surface area contributed by atoms with Crippen molar-refractivity contribution in [2.45, 2.75) is 25.7 Å².